The minimum Gasteiger partial charge on any atom is -0.354 e. The summed E-state index contributed by atoms with van der Waals surface area (Å²) < 4.78 is 23.0. The largest absolute Gasteiger partial charge is 0.354 e. The van der Waals surface area contributed by atoms with Crippen LogP contribution < -0.4 is 10.6 Å². The van der Waals surface area contributed by atoms with E-state index in [0.717, 1.165) is 13.1 Å². The Kier molecular flexibility index (Phi) is 5.40. The second-order valence-electron chi connectivity index (χ2n) is 5.87. The summed E-state index contributed by atoms with van der Waals surface area (Å²) in [6, 6.07) is 0.111. The number of nitrogens with zero attached hydrogens (tertiary/aromatic N) is 1. The van der Waals surface area contributed by atoms with Crippen LogP contribution in [-0.2, 0) is 14.6 Å². The molecule has 0 aromatic rings. The van der Waals surface area contributed by atoms with Crippen LogP contribution in [0, 0.1) is 0 Å². The molecule has 0 saturated carbocycles. The van der Waals surface area contributed by atoms with Crippen molar-refractivity contribution < 1.29 is 13.2 Å². The van der Waals surface area contributed by atoms with Gasteiger partial charge in [0.1, 0.15) is 0 Å². The molecular formula is C13H25N3O3S. The van der Waals surface area contributed by atoms with Gasteiger partial charge in [-0.1, -0.05) is 0 Å². The number of sulfone groups is 1. The van der Waals surface area contributed by atoms with Crippen LogP contribution in [0.4, 0.5) is 0 Å². The molecule has 6 nitrogen and oxygen atoms in total. The molecule has 0 aromatic carbocycles. The van der Waals surface area contributed by atoms with Crippen molar-refractivity contribution in [2.45, 2.75) is 38.3 Å². The second-order valence-corrected chi connectivity index (χ2v) is 8.09. The fourth-order valence-electron chi connectivity index (χ4n) is 2.87. The van der Waals surface area contributed by atoms with Crippen LogP contribution in [0.3, 0.4) is 0 Å². The van der Waals surface area contributed by atoms with Gasteiger partial charge in [0, 0.05) is 31.6 Å². The molecule has 2 unspecified atom stereocenters. The summed E-state index contributed by atoms with van der Waals surface area (Å²) >= 11 is 0. The molecule has 2 fully saturated rings. The number of carbonyl (C=O) groups is 1. The average Bonchev–Trinajstić information content (AvgIpc) is 2.88. The Morgan fingerprint density at radius 1 is 1.40 bits per heavy atom. The van der Waals surface area contributed by atoms with E-state index in [1.54, 1.807) is 0 Å². The fourth-order valence-corrected chi connectivity index (χ4v) is 4.31. The number of rotatable bonds is 5. The number of hydrogen-bond donors (Lipinski definition) is 2. The summed E-state index contributed by atoms with van der Waals surface area (Å²) in [5.41, 5.74) is 0. The van der Waals surface area contributed by atoms with Crippen LogP contribution in [0.25, 0.3) is 0 Å². The van der Waals surface area contributed by atoms with Gasteiger partial charge in [-0.25, -0.2) is 8.42 Å². The molecule has 0 aliphatic carbocycles. The third-order valence-corrected chi connectivity index (χ3v) is 5.83. The summed E-state index contributed by atoms with van der Waals surface area (Å²) in [6.07, 6.45) is 2.72. The first-order valence-corrected chi connectivity index (χ1v) is 9.23. The minimum atomic E-state index is -2.97. The first-order chi connectivity index (χ1) is 9.46. The van der Waals surface area contributed by atoms with Crippen LogP contribution >= 0.6 is 0 Å². The van der Waals surface area contributed by atoms with Gasteiger partial charge in [-0.05, 0) is 32.9 Å². The van der Waals surface area contributed by atoms with E-state index in [1.165, 1.54) is 12.8 Å². The maximum atomic E-state index is 11.9. The lowest BCUT2D eigenvalue weighted by Crippen LogP contribution is -2.48. The monoisotopic (exact) mass is 303 g/mol. The predicted octanol–water partition coefficient (Wildman–Crippen LogP) is -0.636. The molecule has 0 bridgehead atoms. The quantitative estimate of drug-likeness (QED) is 0.707. The average molecular weight is 303 g/mol. The highest BCUT2D eigenvalue weighted by Gasteiger charge is 2.26. The normalized spacial score (nSPS) is 28.1. The van der Waals surface area contributed by atoms with E-state index in [1.807, 2.05) is 0 Å². The zero-order valence-corrected chi connectivity index (χ0v) is 12.9. The van der Waals surface area contributed by atoms with E-state index in [9.17, 15) is 13.2 Å². The van der Waals surface area contributed by atoms with Crippen molar-refractivity contribution in [2.75, 3.05) is 37.7 Å². The summed E-state index contributed by atoms with van der Waals surface area (Å²) in [7, 11) is -2.97. The molecule has 2 atom stereocenters. The van der Waals surface area contributed by atoms with Crippen LogP contribution in [0.1, 0.15) is 26.2 Å². The molecule has 0 aromatic heterocycles. The molecular weight excluding hydrogens is 278 g/mol. The number of nitrogens with one attached hydrogen (secondary N) is 2. The Hall–Kier alpha value is -0.660. The number of carbonyl (C=O) groups excluding carboxylic acids is 1. The maximum Gasteiger partial charge on any atom is 0.221 e. The zero-order valence-electron chi connectivity index (χ0n) is 12.1. The van der Waals surface area contributed by atoms with Gasteiger partial charge in [0.05, 0.1) is 11.5 Å². The minimum absolute atomic E-state index is 0.0642. The van der Waals surface area contributed by atoms with Gasteiger partial charge in [-0.3, -0.25) is 9.69 Å². The number of hydrogen-bond acceptors (Lipinski definition) is 5. The van der Waals surface area contributed by atoms with E-state index in [0.29, 0.717) is 19.1 Å². The molecule has 2 aliphatic rings. The molecule has 2 rings (SSSR count). The second kappa shape index (κ2) is 6.87. The molecule has 7 heteroatoms. The molecule has 0 spiro atoms. The fraction of sp³-hybridized carbons (Fsp3) is 0.923. The summed E-state index contributed by atoms with van der Waals surface area (Å²) in [5, 5.41) is 6.02. The van der Waals surface area contributed by atoms with Gasteiger partial charge in [0.15, 0.2) is 9.84 Å². The van der Waals surface area contributed by atoms with Gasteiger partial charge in [-0.2, -0.15) is 0 Å². The molecule has 1 amide bonds. The molecule has 116 valence electrons. The topological polar surface area (TPSA) is 78.5 Å². The zero-order chi connectivity index (χ0) is 14.6. The van der Waals surface area contributed by atoms with Crippen molar-refractivity contribution in [3.05, 3.63) is 0 Å². The molecule has 0 radical (unpaired) electrons. The lowest BCUT2D eigenvalue weighted by molar-refractivity contribution is -0.121. The van der Waals surface area contributed by atoms with E-state index in [4.69, 9.17) is 0 Å². The van der Waals surface area contributed by atoms with E-state index in [-0.39, 0.29) is 29.9 Å². The smallest absolute Gasteiger partial charge is 0.221 e. The van der Waals surface area contributed by atoms with E-state index in [2.05, 4.69) is 22.5 Å². The van der Waals surface area contributed by atoms with Crippen molar-refractivity contribution >= 4 is 15.7 Å². The summed E-state index contributed by atoms with van der Waals surface area (Å²) in [5.74, 6) is 0.185. The SMILES string of the molecule is CC(CNC(=O)CC1CS(=O)(=O)CCN1)N1CCCC1. The highest BCUT2D eigenvalue weighted by Crippen LogP contribution is 2.11. The van der Waals surface area contributed by atoms with Crippen LogP contribution in [0.2, 0.25) is 0 Å². The first-order valence-electron chi connectivity index (χ1n) is 7.41. The Balaban J connectivity index is 1.69. The predicted molar refractivity (Wildman–Crippen MR) is 78.3 cm³/mol. The molecule has 20 heavy (non-hydrogen) atoms. The van der Waals surface area contributed by atoms with Crippen molar-refractivity contribution in [3.63, 3.8) is 0 Å². The summed E-state index contributed by atoms with van der Waals surface area (Å²) in [6.45, 7) is 5.43. The van der Waals surface area contributed by atoms with Gasteiger partial charge < -0.3 is 10.6 Å². The molecule has 2 heterocycles. The van der Waals surface area contributed by atoms with Crippen LogP contribution in [0.5, 0.6) is 0 Å². The highest BCUT2D eigenvalue weighted by molar-refractivity contribution is 7.91. The maximum absolute atomic E-state index is 11.9. The van der Waals surface area contributed by atoms with E-state index < -0.39 is 9.84 Å². The molecule has 2 aliphatic heterocycles. The van der Waals surface area contributed by atoms with Crippen molar-refractivity contribution in [3.8, 4) is 0 Å². The first kappa shape index (κ1) is 15.7. The Morgan fingerprint density at radius 3 is 2.75 bits per heavy atom. The van der Waals surface area contributed by atoms with Crippen LogP contribution in [0.15, 0.2) is 0 Å². The van der Waals surface area contributed by atoms with Gasteiger partial charge in [0.2, 0.25) is 5.91 Å². The van der Waals surface area contributed by atoms with Crippen molar-refractivity contribution in [2.24, 2.45) is 0 Å². The van der Waals surface area contributed by atoms with Crippen molar-refractivity contribution in [1.29, 1.82) is 0 Å². The van der Waals surface area contributed by atoms with Gasteiger partial charge >= 0.3 is 0 Å². The third kappa shape index (κ3) is 4.71. The Labute approximate surface area is 121 Å². The lowest BCUT2D eigenvalue weighted by Gasteiger charge is -2.25. The van der Waals surface area contributed by atoms with Gasteiger partial charge in [-0.15, -0.1) is 0 Å². The van der Waals surface area contributed by atoms with Gasteiger partial charge in [0.25, 0.3) is 0 Å². The number of likely N-dealkylation sites (tertiary alicyclic amines) is 1. The number of amides is 1. The van der Waals surface area contributed by atoms with Crippen molar-refractivity contribution in [1.82, 2.24) is 15.5 Å². The molecule has 2 saturated heterocycles. The molecule has 2 N–H and O–H groups in total. The lowest BCUT2D eigenvalue weighted by atomic mass is 10.2. The third-order valence-electron chi connectivity index (χ3n) is 4.09. The Morgan fingerprint density at radius 2 is 2.10 bits per heavy atom. The standard InChI is InChI=1S/C13H25N3O3S/c1-11(16-5-2-3-6-16)9-15-13(17)8-12-10-20(18,19)7-4-14-12/h11-12,14H,2-10H2,1H3,(H,15,17). The van der Waals surface area contributed by atoms with E-state index >= 15 is 0 Å². The highest BCUT2D eigenvalue weighted by atomic mass is 32.2. The van der Waals surface area contributed by atoms with Crippen LogP contribution in [-0.4, -0.2) is 69.0 Å². The summed E-state index contributed by atoms with van der Waals surface area (Å²) in [4.78, 5) is 14.3. The Bertz CT molecular complexity index is 432.